The van der Waals surface area contributed by atoms with Gasteiger partial charge in [-0.3, -0.25) is 4.79 Å². The lowest BCUT2D eigenvalue weighted by Gasteiger charge is -2.28. The second-order valence-corrected chi connectivity index (χ2v) is 11.4. The molecule has 0 saturated heterocycles. The molecule has 0 spiro atoms. The van der Waals surface area contributed by atoms with E-state index in [1.54, 1.807) is 4.31 Å². The van der Waals surface area contributed by atoms with Crippen molar-refractivity contribution >= 4 is 21.7 Å². The van der Waals surface area contributed by atoms with Gasteiger partial charge in [0.2, 0.25) is 10.0 Å². The number of esters is 1. The molecule has 0 amide bonds. The summed E-state index contributed by atoms with van der Waals surface area (Å²) < 4.78 is 30.4. The maximum atomic E-state index is 12.0. The summed E-state index contributed by atoms with van der Waals surface area (Å²) in [6, 6.07) is 6.28. The van der Waals surface area contributed by atoms with E-state index in [0.717, 1.165) is 62.2 Å². The van der Waals surface area contributed by atoms with Gasteiger partial charge < -0.3 is 10.1 Å². The molecule has 0 radical (unpaired) electrons. The zero-order chi connectivity index (χ0) is 22.4. The number of ether oxygens (including phenoxy) is 1. The first-order chi connectivity index (χ1) is 14.7. The molecule has 1 fully saturated rings. The molecule has 1 aliphatic heterocycles. The summed E-state index contributed by atoms with van der Waals surface area (Å²) in [5.41, 5.74) is 3.48. The van der Waals surface area contributed by atoms with Crippen molar-refractivity contribution in [3.8, 4) is 0 Å². The van der Waals surface area contributed by atoms with E-state index in [0.29, 0.717) is 13.1 Å². The number of sulfonamides is 1. The predicted molar refractivity (Wildman–Crippen MR) is 124 cm³/mol. The Labute approximate surface area is 187 Å². The fourth-order valence-corrected chi connectivity index (χ4v) is 5.52. The van der Waals surface area contributed by atoms with Gasteiger partial charge in [-0.15, -0.1) is 0 Å². The van der Waals surface area contributed by atoms with Crippen molar-refractivity contribution < 1.29 is 17.9 Å². The SMILES string of the molecule is CC(C)OC(=O)C1CCC(CCCCNc2ccc3c(c2)CCN(S(C)(=O)=O)C3)CC1. The monoisotopic (exact) mass is 450 g/mol. The number of hydrogen-bond donors (Lipinski definition) is 1. The molecule has 1 aromatic rings. The maximum Gasteiger partial charge on any atom is 0.309 e. The summed E-state index contributed by atoms with van der Waals surface area (Å²) in [5.74, 6) is 0.838. The molecular formula is C24H38N2O4S. The molecule has 6 nitrogen and oxygen atoms in total. The average Bonchev–Trinajstić information content (AvgIpc) is 2.72. The van der Waals surface area contributed by atoms with E-state index in [2.05, 4.69) is 23.5 Å². The molecule has 7 heteroatoms. The van der Waals surface area contributed by atoms with Crippen LogP contribution < -0.4 is 5.32 Å². The molecule has 2 aliphatic rings. The predicted octanol–water partition coefficient (Wildman–Crippen LogP) is 4.34. The second-order valence-electron chi connectivity index (χ2n) is 9.46. The van der Waals surface area contributed by atoms with Crippen LogP contribution in [0.5, 0.6) is 0 Å². The van der Waals surface area contributed by atoms with Crippen molar-refractivity contribution in [3.63, 3.8) is 0 Å². The highest BCUT2D eigenvalue weighted by molar-refractivity contribution is 7.88. The lowest BCUT2D eigenvalue weighted by molar-refractivity contribution is -0.153. The van der Waals surface area contributed by atoms with E-state index >= 15 is 0 Å². The minimum absolute atomic E-state index is 0.00766. The van der Waals surface area contributed by atoms with Gasteiger partial charge in [-0.05, 0) is 81.5 Å². The first kappa shape index (κ1) is 24.1. The molecule has 0 aromatic heterocycles. The van der Waals surface area contributed by atoms with E-state index in [4.69, 9.17) is 4.74 Å². The first-order valence-corrected chi connectivity index (χ1v) is 13.6. The third-order valence-electron chi connectivity index (χ3n) is 6.55. The van der Waals surface area contributed by atoms with Crippen LogP contribution in [0.4, 0.5) is 5.69 Å². The standard InChI is InChI=1S/C24H38N2O4S/c1-18(2)30-24(27)20-9-7-19(8-10-20)6-4-5-14-25-23-12-11-22-17-26(31(3,28)29)15-13-21(22)16-23/h11-12,16,18-20,25H,4-10,13-15,17H2,1-3H3. The van der Waals surface area contributed by atoms with Crippen LogP contribution in [0.3, 0.4) is 0 Å². The fraction of sp³-hybridized carbons (Fsp3) is 0.708. The molecule has 0 atom stereocenters. The number of carbonyl (C=O) groups excluding carboxylic acids is 1. The Bertz CT molecular complexity index is 845. The van der Waals surface area contributed by atoms with E-state index in [1.165, 1.54) is 24.7 Å². The highest BCUT2D eigenvalue weighted by Crippen LogP contribution is 2.32. The van der Waals surface area contributed by atoms with Gasteiger partial charge in [-0.2, -0.15) is 4.31 Å². The van der Waals surface area contributed by atoms with E-state index in [9.17, 15) is 13.2 Å². The Morgan fingerprint density at radius 3 is 2.58 bits per heavy atom. The Morgan fingerprint density at radius 2 is 1.90 bits per heavy atom. The van der Waals surface area contributed by atoms with Gasteiger partial charge in [0.1, 0.15) is 0 Å². The molecule has 31 heavy (non-hydrogen) atoms. The second kappa shape index (κ2) is 10.8. The highest BCUT2D eigenvalue weighted by Gasteiger charge is 2.27. The summed E-state index contributed by atoms with van der Waals surface area (Å²) in [7, 11) is -3.13. The smallest absolute Gasteiger partial charge is 0.309 e. The number of fused-ring (bicyclic) bond motifs is 1. The van der Waals surface area contributed by atoms with Crippen molar-refractivity contribution in [2.75, 3.05) is 24.7 Å². The number of benzene rings is 1. The van der Waals surface area contributed by atoms with Crippen LogP contribution >= 0.6 is 0 Å². The topological polar surface area (TPSA) is 75.7 Å². The molecule has 3 rings (SSSR count). The van der Waals surface area contributed by atoms with E-state index in [1.807, 2.05) is 13.8 Å². The van der Waals surface area contributed by atoms with E-state index in [-0.39, 0.29) is 18.0 Å². The number of hydrogen-bond acceptors (Lipinski definition) is 5. The quantitative estimate of drug-likeness (QED) is 0.447. The number of carbonyl (C=O) groups is 1. The Kier molecular flexibility index (Phi) is 8.39. The van der Waals surface area contributed by atoms with Crippen molar-refractivity contribution in [2.45, 2.75) is 77.9 Å². The third kappa shape index (κ3) is 7.21. The summed E-state index contributed by atoms with van der Waals surface area (Å²) in [4.78, 5) is 12.0. The molecule has 174 valence electrons. The normalized spacial score (nSPS) is 22.2. The zero-order valence-electron chi connectivity index (χ0n) is 19.2. The molecule has 1 heterocycles. The highest BCUT2D eigenvalue weighted by atomic mass is 32.2. The fourth-order valence-electron chi connectivity index (χ4n) is 4.73. The van der Waals surface area contributed by atoms with Gasteiger partial charge in [-0.25, -0.2) is 8.42 Å². The van der Waals surface area contributed by atoms with Gasteiger partial charge in [-0.1, -0.05) is 18.9 Å². The van der Waals surface area contributed by atoms with Crippen molar-refractivity contribution in [2.24, 2.45) is 11.8 Å². The average molecular weight is 451 g/mol. The van der Waals surface area contributed by atoms with E-state index < -0.39 is 10.0 Å². The Morgan fingerprint density at radius 1 is 1.16 bits per heavy atom. The van der Waals surface area contributed by atoms with Crippen molar-refractivity contribution in [3.05, 3.63) is 29.3 Å². The van der Waals surface area contributed by atoms with Crippen LogP contribution in [-0.4, -0.2) is 44.1 Å². The lowest BCUT2D eigenvalue weighted by atomic mass is 9.80. The molecule has 1 N–H and O–H groups in total. The molecule has 1 saturated carbocycles. The van der Waals surface area contributed by atoms with Gasteiger partial charge in [0.05, 0.1) is 18.3 Å². The van der Waals surface area contributed by atoms with Gasteiger partial charge >= 0.3 is 5.97 Å². The molecule has 1 aromatic carbocycles. The summed E-state index contributed by atoms with van der Waals surface area (Å²) in [6.07, 6.45) is 9.82. The van der Waals surface area contributed by atoms with Crippen LogP contribution in [0.15, 0.2) is 18.2 Å². The minimum atomic E-state index is -3.13. The molecular weight excluding hydrogens is 412 g/mol. The lowest BCUT2D eigenvalue weighted by Crippen LogP contribution is -2.35. The van der Waals surface area contributed by atoms with Crippen molar-refractivity contribution in [1.29, 1.82) is 0 Å². The summed E-state index contributed by atoms with van der Waals surface area (Å²) >= 11 is 0. The Hall–Kier alpha value is -1.60. The van der Waals surface area contributed by atoms with Crippen LogP contribution in [0, 0.1) is 11.8 Å². The molecule has 0 unspecified atom stereocenters. The number of anilines is 1. The van der Waals surface area contributed by atoms with Crippen LogP contribution in [0.1, 0.15) is 69.9 Å². The zero-order valence-corrected chi connectivity index (χ0v) is 20.0. The maximum absolute atomic E-state index is 12.0. The molecule has 0 bridgehead atoms. The van der Waals surface area contributed by atoms with Crippen LogP contribution in [-0.2, 0) is 32.5 Å². The van der Waals surface area contributed by atoms with Crippen LogP contribution in [0.2, 0.25) is 0 Å². The van der Waals surface area contributed by atoms with Gasteiger partial charge in [0, 0.05) is 25.3 Å². The largest absolute Gasteiger partial charge is 0.463 e. The number of nitrogens with zero attached hydrogens (tertiary/aromatic N) is 1. The van der Waals surface area contributed by atoms with Gasteiger partial charge in [0.25, 0.3) is 0 Å². The van der Waals surface area contributed by atoms with Crippen molar-refractivity contribution in [1.82, 2.24) is 4.31 Å². The third-order valence-corrected chi connectivity index (χ3v) is 7.80. The first-order valence-electron chi connectivity index (χ1n) is 11.7. The Balaban J connectivity index is 1.33. The van der Waals surface area contributed by atoms with Crippen LogP contribution in [0.25, 0.3) is 0 Å². The number of unbranched alkanes of at least 4 members (excludes halogenated alkanes) is 1. The molecule has 1 aliphatic carbocycles. The summed E-state index contributed by atoms with van der Waals surface area (Å²) in [5, 5.41) is 3.52. The summed E-state index contributed by atoms with van der Waals surface area (Å²) in [6.45, 7) is 5.81. The number of rotatable bonds is 9. The van der Waals surface area contributed by atoms with Gasteiger partial charge in [0.15, 0.2) is 0 Å². The number of nitrogens with one attached hydrogen (secondary N) is 1. The minimum Gasteiger partial charge on any atom is -0.463 e.